The first-order chi connectivity index (χ1) is 11.6. The molecule has 1 aromatic heterocycles. The lowest BCUT2D eigenvalue weighted by molar-refractivity contribution is -0.135. The molecule has 0 aromatic carbocycles. The summed E-state index contributed by atoms with van der Waals surface area (Å²) in [5.74, 6) is 0.605. The van der Waals surface area contributed by atoms with Gasteiger partial charge in [-0.25, -0.2) is 4.63 Å². The Bertz CT molecular complexity index is 574. The lowest BCUT2D eigenvalue weighted by Crippen LogP contribution is -2.41. The Balaban J connectivity index is 1.41. The molecule has 0 N–H and O–H groups in total. The van der Waals surface area contributed by atoms with Crippen molar-refractivity contribution in [3.8, 4) is 0 Å². The van der Waals surface area contributed by atoms with Crippen LogP contribution >= 0.6 is 0 Å². The Kier molecular flexibility index (Phi) is 5.44. The first kappa shape index (κ1) is 16.9. The van der Waals surface area contributed by atoms with E-state index in [1.54, 1.807) is 11.8 Å². The molecule has 0 unspecified atom stereocenters. The minimum atomic E-state index is -0.114. The van der Waals surface area contributed by atoms with Crippen molar-refractivity contribution in [3.05, 3.63) is 11.4 Å². The molecular formula is C16H24N4O4. The molecule has 2 amide bonds. The highest BCUT2D eigenvalue weighted by molar-refractivity contribution is 5.93. The number of morpholine rings is 1. The number of hydrogen-bond acceptors (Lipinski definition) is 6. The van der Waals surface area contributed by atoms with E-state index in [9.17, 15) is 9.59 Å². The van der Waals surface area contributed by atoms with E-state index in [-0.39, 0.29) is 11.8 Å². The number of carbonyl (C=O) groups excluding carboxylic acids is 2. The average molecular weight is 336 g/mol. The number of hydrogen-bond donors (Lipinski definition) is 0. The molecular weight excluding hydrogens is 312 g/mol. The van der Waals surface area contributed by atoms with Gasteiger partial charge in [0.25, 0.3) is 5.91 Å². The molecule has 2 fully saturated rings. The van der Waals surface area contributed by atoms with Crippen molar-refractivity contribution in [2.75, 3.05) is 39.4 Å². The predicted octanol–water partition coefficient (Wildman–Crippen LogP) is 0.869. The zero-order chi connectivity index (χ0) is 16.9. The molecule has 8 heteroatoms. The molecule has 132 valence electrons. The van der Waals surface area contributed by atoms with E-state index in [1.807, 2.05) is 4.90 Å². The van der Waals surface area contributed by atoms with Crippen molar-refractivity contribution < 1.29 is 19.0 Å². The van der Waals surface area contributed by atoms with Crippen LogP contribution in [0.2, 0.25) is 0 Å². The number of rotatable bonds is 4. The molecule has 0 saturated carbocycles. The number of amides is 2. The maximum absolute atomic E-state index is 12.4. The number of likely N-dealkylation sites (tertiary alicyclic amines) is 1. The van der Waals surface area contributed by atoms with Gasteiger partial charge in [0.05, 0.1) is 13.2 Å². The maximum Gasteiger partial charge on any atom is 0.278 e. The van der Waals surface area contributed by atoms with E-state index in [4.69, 9.17) is 4.74 Å². The molecule has 3 rings (SSSR count). The van der Waals surface area contributed by atoms with Crippen molar-refractivity contribution in [2.45, 2.75) is 32.6 Å². The lowest BCUT2D eigenvalue weighted by Gasteiger charge is -2.32. The Hall–Kier alpha value is -1.96. The van der Waals surface area contributed by atoms with Gasteiger partial charge >= 0.3 is 0 Å². The van der Waals surface area contributed by atoms with Crippen molar-refractivity contribution in [2.24, 2.45) is 5.92 Å². The third kappa shape index (κ3) is 3.92. The smallest absolute Gasteiger partial charge is 0.278 e. The molecule has 0 bridgehead atoms. The first-order valence-corrected chi connectivity index (χ1v) is 8.59. The Labute approximate surface area is 141 Å². The quantitative estimate of drug-likeness (QED) is 0.810. The fraction of sp³-hybridized carbons (Fsp3) is 0.750. The molecule has 0 radical (unpaired) electrons. The molecule has 0 atom stereocenters. The van der Waals surface area contributed by atoms with Gasteiger partial charge in [-0.2, -0.15) is 0 Å². The van der Waals surface area contributed by atoms with E-state index in [0.717, 1.165) is 19.3 Å². The van der Waals surface area contributed by atoms with Crippen LogP contribution in [-0.4, -0.2) is 71.3 Å². The number of carbonyl (C=O) groups is 2. The number of ether oxygens (including phenoxy) is 1. The number of aromatic nitrogens is 2. The van der Waals surface area contributed by atoms with Gasteiger partial charge < -0.3 is 14.5 Å². The molecule has 0 spiro atoms. The summed E-state index contributed by atoms with van der Waals surface area (Å²) >= 11 is 0. The van der Waals surface area contributed by atoms with Gasteiger partial charge in [-0.3, -0.25) is 9.59 Å². The topological polar surface area (TPSA) is 88.8 Å². The third-order valence-corrected chi connectivity index (χ3v) is 4.89. The standard InChI is InChI=1S/C16H24N4O4/c1-12-15(18-24-17-12)16(22)20-6-4-13(5-7-20)2-3-14(21)19-8-10-23-11-9-19/h13H,2-11H2,1H3. The number of aryl methyl sites for hydroxylation is 1. The number of piperidine rings is 1. The van der Waals surface area contributed by atoms with Crippen LogP contribution in [0.4, 0.5) is 0 Å². The largest absolute Gasteiger partial charge is 0.378 e. The summed E-state index contributed by atoms with van der Waals surface area (Å²) in [6.45, 7) is 5.80. The van der Waals surface area contributed by atoms with Crippen LogP contribution in [0.25, 0.3) is 0 Å². The summed E-state index contributed by atoms with van der Waals surface area (Å²) in [4.78, 5) is 28.2. The van der Waals surface area contributed by atoms with Gasteiger partial charge in [0.15, 0.2) is 5.69 Å². The summed E-state index contributed by atoms with van der Waals surface area (Å²) in [6, 6.07) is 0. The van der Waals surface area contributed by atoms with Crippen LogP contribution in [0, 0.1) is 12.8 Å². The molecule has 2 saturated heterocycles. The molecule has 8 nitrogen and oxygen atoms in total. The van der Waals surface area contributed by atoms with E-state index < -0.39 is 0 Å². The second-order valence-corrected chi connectivity index (χ2v) is 6.47. The van der Waals surface area contributed by atoms with E-state index >= 15 is 0 Å². The van der Waals surface area contributed by atoms with E-state index in [1.165, 1.54) is 0 Å². The van der Waals surface area contributed by atoms with Crippen LogP contribution in [0.3, 0.4) is 0 Å². The molecule has 0 aliphatic carbocycles. The predicted molar refractivity (Wildman–Crippen MR) is 84.3 cm³/mol. The Morgan fingerprint density at radius 1 is 1.08 bits per heavy atom. The molecule has 2 aliphatic rings. The van der Waals surface area contributed by atoms with Crippen LogP contribution in [-0.2, 0) is 9.53 Å². The van der Waals surface area contributed by atoms with Crippen LogP contribution in [0.5, 0.6) is 0 Å². The highest BCUT2D eigenvalue weighted by Crippen LogP contribution is 2.23. The van der Waals surface area contributed by atoms with Gasteiger partial charge in [0, 0.05) is 32.6 Å². The van der Waals surface area contributed by atoms with Crippen LogP contribution < -0.4 is 0 Å². The summed E-state index contributed by atoms with van der Waals surface area (Å²) < 4.78 is 9.87. The number of nitrogens with zero attached hydrogens (tertiary/aromatic N) is 4. The Morgan fingerprint density at radius 2 is 1.79 bits per heavy atom. The van der Waals surface area contributed by atoms with Gasteiger partial charge in [-0.05, 0) is 37.3 Å². The molecule has 2 aliphatic heterocycles. The maximum atomic E-state index is 12.4. The zero-order valence-electron chi connectivity index (χ0n) is 14.1. The fourth-order valence-corrected chi connectivity index (χ4v) is 3.30. The molecule has 24 heavy (non-hydrogen) atoms. The summed E-state index contributed by atoms with van der Waals surface area (Å²) in [5.41, 5.74) is 0.828. The monoisotopic (exact) mass is 336 g/mol. The fourth-order valence-electron chi connectivity index (χ4n) is 3.30. The highest BCUT2D eigenvalue weighted by atomic mass is 16.6. The normalized spacial score (nSPS) is 19.5. The minimum Gasteiger partial charge on any atom is -0.378 e. The lowest BCUT2D eigenvalue weighted by atomic mass is 9.91. The van der Waals surface area contributed by atoms with Crippen LogP contribution in [0.1, 0.15) is 41.9 Å². The second-order valence-electron chi connectivity index (χ2n) is 6.47. The van der Waals surface area contributed by atoms with Crippen molar-refractivity contribution in [3.63, 3.8) is 0 Å². The van der Waals surface area contributed by atoms with Crippen molar-refractivity contribution >= 4 is 11.8 Å². The Morgan fingerprint density at radius 3 is 2.42 bits per heavy atom. The van der Waals surface area contributed by atoms with Gasteiger partial charge in [0.2, 0.25) is 5.91 Å². The van der Waals surface area contributed by atoms with Crippen LogP contribution in [0.15, 0.2) is 4.63 Å². The average Bonchev–Trinajstić information content (AvgIpc) is 3.06. The zero-order valence-corrected chi connectivity index (χ0v) is 14.1. The SMILES string of the molecule is Cc1nonc1C(=O)N1CCC(CCC(=O)N2CCOCC2)CC1. The molecule has 1 aromatic rings. The third-order valence-electron chi connectivity index (χ3n) is 4.89. The summed E-state index contributed by atoms with van der Waals surface area (Å²) in [7, 11) is 0. The van der Waals surface area contributed by atoms with E-state index in [0.29, 0.717) is 63.1 Å². The summed E-state index contributed by atoms with van der Waals surface area (Å²) in [5, 5.41) is 7.34. The molecule has 3 heterocycles. The van der Waals surface area contributed by atoms with Crippen molar-refractivity contribution in [1.82, 2.24) is 20.1 Å². The van der Waals surface area contributed by atoms with E-state index in [2.05, 4.69) is 14.9 Å². The summed E-state index contributed by atoms with van der Waals surface area (Å²) in [6.07, 6.45) is 3.33. The minimum absolute atomic E-state index is 0.114. The van der Waals surface area contributed by atoms with Crippen molar-refractivity contribution in [1.29, 1.82) is 0 Å². The second kappa shape index (κ2) is 7.74. The van der Waals surface area contributed by atoms with Gasteiger partial charge in [0.1, 0.15) is 5.69 Å². The van der Waals surface area contributed by atoms with Gasteiger partial charge in [-0.1, -0.05) is 5.16 Å². The highest BCUT2D eigenvalue weighted by Gasteiger charge is 2.27. The van der Waals surface area contributed by atoms with Gasteiger partial charge in [-0.15, -0.1) is 0 Å². The first-order valence-electron chi connectivity index (χ1n) is 8.59.